The summed E-state index contributed by atoms with van der Waals surface area (Å²) >= 11 is 0. The zero-order valence-corrected chi connectivity index (χ0v) is 13.3. The molecule has 1 fully saturated rings. The SMILES string of the molecule is CCC1(C(=O)NCC(C(C)C)N(C)C)CCNCC1. The molecule has 0 aliphatic carbocycles. The fraction of sp³-hybridized carbons (Fsp3) is 0.933. The predicted octanol–water partition coefficient (Wildman–Crippen LogP) is 1.47. The molecule has 1 aliphatic heterocycles. The Bertz CT molecular complexity index is 275. The molecule has 4 heteroatoms. The van der Waals surface area contributed by atoms with Gasteiger partial charge in [0.15, 0.2) is 0 Å². The summed E-state index contributed by atoms with van der Waals surface area (Å²) in [5, 5.41) is 6.54. The van der Waals surface area contributed by atoms with Gasteiger partial charge in [-0.1, -0.05) is 20.8 Å². The Hall–Kier alpha value is -0.610. The van der Waals surface area contributed by atoms with E-state index in [1.54, 1.807) is 0 Å². The fourth-order valence-electron chi connectivity index (χ4n) is 3.05. The summed E-state index contributed by atoms with van der Waals surface area (Å²) in [6.07, 6.45) is 2.86. The first kappa shape index (κ1) is 16.4. The number of carbonyl (C=O) groups excluding carboxylic acids is 1. The van der Waals surface area contributed by atoms with E-state index in [0.29, 0.717) is 12.0 Å². The van der Waals surface area contributed by atoms with Crippen molar-refractivity contribution in [3.8, 4) is 0 Å². The van der Waals surface area contributed by atoms with Gasteiger partial charge in [0.2, 0.25) is 5.91 Å². The third-order valence-corrected chi connectivity index (χ3v) is 4.62. The van der Waals surface area contributed by atoms with Crippen LogP contribution in [-0.4, -0.2) is 50.6 Å². The van der Waals surface area contributed by atoms with E-state index >= 15 is 0 Å². The number of carbonyl (C=O) groups is 1. The molecule has 2 N–H and O–H groups in total. The molecule has 0 aromatic heterocycles. The Balaban J connectivity index is 2.57. The quantitative estimate of drug-likeness (QED) is 0.767. The van der Waals surface area contributed by atoms with Crippen LogP contribution in [0.2, 0.25) is 0 Å². The highest BCUT2D eigenvalue weighted by atomic mass is 16.2. The second-order valence-electron chi connectivity index (χ2n) is 6.37. The van der Waals surface area contributed by atoms with Crippen molar-refractivity contribution in [2.75, 3.05) is 33.7 Å². The Morgan fingerprint density at radius 1 is 1.32 bits per heavy atom. The summed E-state index contributed by atoms with van der Waals surface area (Å²) in [5.74, 6) is 0.796. The number of nitrogens with zero attached hydrogens (tertiary/aromatic N) is 1. The summed E-state index contributed by atoms with van der Waals surface area (Å²) in [5.41, 5.74) is -0.140. The van der Waals surface area contributed by atoms with Gasteiger partial charge in [-0.3, -0.25) is 4.79 Å². The van der Waals surface area contributed by atoms with Crippen LogP contribution in [-0.2, 0) is 4.79 Å². The molecule has 1 saturated heterocycles. The van der Waals surface area contributed by atoms with Crippen molar-refractivity contribution in [3.05, 3.63) is 0 Å². The van der Waals surface area contributed by atoms with E-state index in [4.69, 9.17) is 0 Å². The highest BCUT2D eigenvalue weighted by Gasteiger charge is 2.37. The van der Waals surface area contributed by atoms with Gasteiger partial charge in [0.1, 0.15) is 0 Å². The van der Waals surface area contributed by atoms with Crippen molar-refractivity contribution in [1.82, 2.24) is 15.5 Å². The van der Waals surface area contributed by atoms with Crippen molar-refractivity contribution >= 4 is 5.91 Å². The zero-order chi connectivity index (χ0) is 14.5. The Labute approximate surface area is 118 Å². The molecular formula is C15H31N3O. The van der Waals surface area contributed by atoms with Gasteiger partial charge in [0, 0.05) is 12.6 Å². The molecule has 0 spiro atoms. The highest BCUT2D eigenvalue weighted by molar-refractivity contribution is 5.82. The molecule has 0 saturated carbocycles. The van der Waals surface area contributed by atoms with Crippen LogP contribution in [0.15, 0.2) is 0 Å². The highest BCUT2D eigenvalue weighted by Crippen LogP contribution is 2.32. The number of hydrogen-bond acceptors (Lipinski definition) is 3. The molecule has 112 valence electrons. The van der Waals surface area contributed by atoms with E-state index in [1.165, 1.54) is 0 Å². The van der Waals surface area contributed by atoms with Crippen LogP contribution in [0.3, 0.4) is 0 Å². The summed E-state index contributed by atoms with van der Waals surface area (Å²) < 4.78 is 0. The van der Waals surface area contributed by atoms with Crippen LogP contribution in [0, 0.1) is 11.3 Å². The number of amides is 1. The van der Waals surface area contributed by atoms with Crippen LogP contribution >= 0.6 is 0 Å². The number of hydrogen-bond donors (Lipinski definition) is 2. The first-order valence-corrected chi connectivity index (χ1v) is 7.58. The lowest BCUT2D eigenvalue weighted by Gasteiger charge is -2.36. The Morgan fingerprint density at radius 3 is 2.32 bits per heavy atom. The lowest BCUT2D eigenvalue weighted by Crippen LogP contribution is -2.51. The van der Waals surface area contributed by atoms with Crippen molar-refractivity contribution in [2.45, 2.75) is 46.1 Å². The molecule has 0 aromatic carbocycles. The average Bonchev–Trinajstić information content (AvgIpc) is 2.38. The van der Waals surface area contributed by atoms with Crippen LogP contribution < -0.4 is 10.6 Å². The van der Waals surface area contributed by atoms with Crippen molar-refractivity contribution < 1.29 is 4.79 Å². The average molecular weight is 269 g/mol. The van der Waals surface area contributed by atoms with Gasteiger partial charge in [-0.05, 0) is 52.4 Å². The smallest absolute Gasteiger partial charge is 0.226 e. The van der Waals surface area contributed by atoms with Gasteiger partial charge in [-0.2, -0.15) is 0 Å². The molecule has 1 aliphatic rings. The molecule has 4 nitrogen and oxygen atoms in total. The zero-order valence-electron chi connectivity index (χ0n) is 13.3. The summed E-state index contributed by atoms with van der Waals surface area (Å²) in [6, 6.07) is 0.402. The maximum atomic E-state index is 12.5. The summed E-state index contributed by atoms with van der Waals surface area (Å²) in [7, 11) is 4.16. The Morgan fingerprint density at radius 2 is 1.89 bits per heavy atom. The molecule has 0 bridgehead atoms. The number of rotatable bonds is 6. The molecule has 19 heavy (non-hydrogen) atoms. The maximum absolute atomic E-state index is 12.5. The summed E-state index contributed by atoms with van der Waals surface area (Å²) in [4.78, 5) is 14.7. The van der Waals surface area contributed by atoms with Crippen molar-refractivity contribution in [1.29, 1.82) is 0 Å². The standard InChI is InChI=1S/C15H31N3O/c1-6-15(7-9-16-10-8-15)14(19)17-11-13(12(2)3)18(4)5/h12-13,16H,6-11H2,1-5H3,(H,17,19). The minimum Gasteiger partial charge on any atom is -0.354 e. The predicted molar refractivity (Wildman–Crippen MR) is 80.2 cm³/mol. The monoisotopic (exact) mass is 269 g/mol. The number of piperidine rings is 1. The van der Waals surface area contributed by atoms with Crippen molar-refractivity contribution in [2.24, 2.45) is 11.3 Å². The van der Waals surface area contributed by atoms with Gasteiger partial charge < -0.3 is 15.5 Å². The number of nitrogens with one attached hydrogen (secondary N) is 2. The van der Waals surface area contributed by atoms with Gasteiger partial charge in [-0.25, -0.2) is 0 Å². The minimum atomic E-state index is -0.140. The van der Waals surface area contributed by atoms with Crippen LogP contribution in [0.1, 0.15) is 40.0 Å². The van der Waals surface area contributed by atoms with Crippen LogP contribution in [0.4, 0.5) is 0 Å². The van der Waals surface area contributed by atoms with Gasteiger partial charge in [0.25, 0.3) is 0 Å². The molecule has 1 amide bonds. The first-order chi connectivity index (χ1) is 8.93. The summed E-state index contributed by atoms with van der Waals surface area (Å²) in [6.45, 7) is 9.22. The molecule has 0 radical (unpaired) electrons. The minimum absolute atomic E-state index is 0.140. The second-order valence-corrected chi connectivity index (χ2v) is 6.37. The van der Waals surface area contributed by atoms with E-state index < -0.39 is 0 Å². The van der Waals surface area contributed by atoms with Crippen molar-refractivity contribution in [3.63, 3.8) is 0 Å². The van der Waals surface area contributed by atoms with E-state index in [1.807, 2.05) is 0 Å². The molecule has 1 unspecified atom stereocenters. The third-order valence-electron chi connectivity index (χ3n) is 4.62. The molecular weight excluding hydrogens is 238 g/mol. The fourth-order valence-corrected chi connectivity index (χ4v) is 3.05. The second kappa shape index (κ2) is 7.25. The lowest BCUT2D eigenvalue weighted by molar-refractivity contribution is -0.133. The third kappa shape index (κ3) is 4.18. The molecule has 0 aromatic rings. The normalized spacial score (nSPS) is 20.6. The van der Waals surface area contributed by atoms with E-state index in [2.05, 4.69) is 50.4 Å². The van der Waals surface area contributed by atoms with Crippen LogP contribution in [0.25, 0.3) is 0 Å². The Kier molecular flexibility index (Phi) is 6.27. The van der Waals surface area contributed by atoms with E-state index in [0.717, 1.165) is 38.9 Å². The maximum Gasteiger partial charge on any atom is 0.226 e. The topological polar surface area (TPSA) is 44.4 Å². The molecule has 1 heterocycles. The van der Waals surface area contributed by atoms with E-state index in [9.17, 15) is 4.79 Å². The lowest BCUT2D eigenvalue weighted by atomic mass is 9.76. The van der Waals surface area contributed by atoms with Gasteiger partial charge in [0.05, 0.1) is 5.41 Å². The van der Waals surface area contributed by atoms with Gasteiger partial charge in [-0.15, -0.1) is 0 Å². The van der Waals surface area contributed by atoms with Crippen LogP contribution in [0.5, 0.6) is 0 Å². The molecule has 1 rings (SSSR count). The van der Waals surface area contributed by atoms with Gasteiger partial charge >= 0.3 is 0 Å². The first-order valence-electron chi connectivity index (χ1n) is 7.58. The largest absolute Gasteiger partial charge is 0.354 e. The molecule has 1 atom stereocenters. The number of likely N-dealkylation sites (N-methyl/N-ethyl adjacent to an activating group) is 1. The van der Waals surface area contributed by atoms with E-state index in [-0.39, 0.29) is 11.3 Å².